The average molecular weight is 271 g/mol. The van der Waals surface area contributed by atoms with E-state index in [4.69, 9.17) is 4.74 Å². The smallest absolute Gasteiger partial charge is 0.386 e. The first-order valence-electron chi connectivity index (χ1n) is 6.03. The van der Waals surface area contributed by atoms with Crippen LogP contribution in [0.2, 0.25) is 0 Å². The van der Waals surface area contributed by atoms with Gasteiger partial charge < -0.3 is 19.9 Å². The van der Waals surface area contributed by atoms with Crippen molar-refractivity contribution < 1.29 is 27.8 Å². The van der Waals surface area contributed by atoms with Gasteiger partial charge >= 0.3 is 6.18 Å². The molecule has 0 radical (unpaired) electrons. The zero-order valence-electron chi connectivity index (χ0n) is 10.4. The van der Waals surface area contributed by atoms with Crippen molar-refractivity contribution in [3.63, 3.8) is 0 Å². The Labute approximate surface area is 104 Å². The molecular weight excluding hydrogens is 251 g/mol. The van der Waals surface area contributed by atoms with Crippen molar-refractivity contribution in [3.05, 3.63) is 0 Å². The van der Waals surface area contributed by atoms with Gasteiger partial charge in [0.25, 0.3) is 0 Å². The Bertz CT molecular complexity index is 250. The number of halogens is 3. The van der Waals surface area contributed by atoms with E-state index in [-0.39, 0.29) is 12.7 Å². The summed E-state index contributed by atoms with van der Waals surface area (Å²) in [5.41, 5.74) is -0.868. The molecular formula is C11H20F3NO3. The first-order chi connectivity index (χ1) is 8.33. The van der Waals surface area contributed by atoms with E-state index >= 15 is 0 Å². The third-order valence-corrected chi connectivity index (χ3v) is 3.00. The molecule has 1 aliphatic rings. The second-order valence-electron chi connectivity index (χ2n) is 4.56. The topological polar surface area (TPSA) is 50.7 Å². The molecule has 4 nitrogen and oxygen atoms in total. The highest BCUT2D eigenvalue weighted by molar-refractivity contribution is 4.91. The van der Waals surface area contributed by atoms with Crippen LogP contribution < -0.4 is 5.32 Å². The number of hydrogen-bond acceptors (Lipinski definition) is 4. The fourth-order valence-corrected chi connectivity index (χ4v) is 1.79. The number of nitrogens with one attached hydrogen (secondary N) is 1. The highest BCUT2D eigenvalue weighted by Crippen LogP contribution is 2.24. The van der Waals surface area contributed by atoms with Gasteiger partial charge in [0.1, 0.15) is 12.2 Å². The summed E-state index contributed by atoms with van der Waals surface area (Å²) in [5.74, 6) is 0. The monoisotopic (exact) mass is 271 g/mol. The molecule has 2 unspecified atom stereocenters. The molecule has 0 aromatic heterocycles. The summed E-state index contributed by atoms with van der Waals surface area (Å²) < 4.78 is 44.9. The van der Waals surface area contributed by atoms with E-state index in [1.54, 1.807) is 6.92 Å². The van der Waals surface area contributed by atoms with E-state index in [0.29, 0.717) is 32.5 Å². The number of hydrogen-bond donors (Lipinski definition) is 2. The molecule has 1 saturated heterocycles. The quantitative estimate of drug-likeness (QED) is 0.680. The minimum atomic E-state index is -4.26. The molecule has 0 aromatic rings. The van der Waals surface area contributed by atoms with Gasteiger partial charge in [-0.25, -0.2) is 0 Å². The summed E-state index contributed by atoms with van der Waals surface area (Å²) >= 11 is 0. The molecule has 18 heavy (non-hydrogen) atoms. The minimum absolute atomic E-state index is 0.0526. The van der Waals surface area contributed by atoms with Crippen molar-refractivity contribution in [3.8, 4) is 0 Å². The van der Waals surface area contributed by atoms with Crippen LogP contribution in [-0.2, 0) is 9.47 Å². The molecule has 1 aliphatic heterocycles. The lowest BCUT2D eigenvalue weighted by molar-refractivity contribution is -0.173. The lowest BCUT2D eigenvalue weighted by Crippen LogP contribution is -2.46. The first kappa shape index (κ1) is 15.7. The molecule has 0 amide bonds. The standard InChI is InChI=1S/C11H20F3NO3/c1-9-10(16,3-6-18-9)7-15-4-2-5-17-8-11(12,13)14/h9,15-16H,2-8H2,1H3. The van der Waals surface area contributed by atoms with Crippen LogP contribution in [0.3, 0.4) is 0 Å². The second-order valence-corrected chi connectivity index (χ2v) is 4.56. The lowest BCUT2D eigenvalue weighted by Gasteiger charge is -2.26. The van der Waals surface area contributed by atoms with E-state index in [1.165, 1.54) is 0 Å². The Morgan fingerprint density at radius 2 is 2.22 bits per heavy atom. The van der Waals surface area contributed by atoms with Crippen LogP contribution >= 0.6 is 0 Å². The van der Waals surface area contributed by atoms with Gasteiger partial charge in [0.15, 0.2) is 0 Å². The predicted octanol–water partition coefficient (Wildman–Crippen LogP) is 1.08. The minimum Gasteiger partial charge on any atom is -0.386 e. The summed E-state index contributed by atoms with van der Waals surface area (Å²) in [4.78, 5) is 0. The van der Waals surface area contributed by atoms with Crippen molar-refractivity contribution in [1.82, 2.24) is 5.32 Å². The van der Waals surface area contributed by atoms with Crippen molar-refractivity contribution in [1.29, 1.82) is 0 Å². The third-order valence-electron chi connectivity index (χ3n) is 3.00. The average Bonchev–Trinajstić information content (AvgIpc) is 2.57. The molecule has 0 spiro atoms. The second kappa shape index (κ2) is 6.70. The van der Waals surface area contributed by atoms with Crippen molar-refractivity contribution in [2.75, 3.05) is 32.9 Å². The molecule has 0 saturated carbocycles. The van der Waals surface area contributed by atoms with E-state index in [0.717, 1.165) is 0 Å². The van der Waals surface area contributed by atoms with E-state index in [2.05, 4.69) is 10.1 Å². The predicted molar refractivity (Wildman–Crippen MR) is 59.3 cm³/mol. The zero-order chi connectivity index (χ0) is 13.6. The summed E-state index contributed by atoms with van der Waals surface area (Å²) in [6.07, 6.45) is -3.43. The van der Waals surface area contributed by atoms with Crippen LogP contribution in [0, 0.1) is 0 Å². The van der Waals surface area contributed by atoms with Gasteiger partial charge in [0.2, 0.25) is 0 Å². The molecule has 1 heterocycles. The fraction of sp³-hybridized carbons (Fsp3) is 1.00. The Kier molecular flexibility index (Phi) is 5.84. The Hall–Kier alpha value is -0.370. The van der Waals surface area contributed by atoms with Gasteiger partial charge in [-0.05, 0) is 19.9 Å². The van der Waals surface area contributed by atoms with Crippen LogP contribution in [-0.4, -0.2) is 55.9 Å². The van der Waals surface area contributed by atoms with Crippen molar-refractivity contribution in [2.24, 2.45) is 0 Å². The molecule has 1 rings (SSSR count). The molecule has 2 N–H and O–H groups in total. The van der Waals surface area contributed by atoms with Crippen LogP contribution in [0.1, 0.15) is 19.8 Å². The van der Waals surface area contributed by atoms with E-state index in [9.17, 15) is 18.3 Å². The molecule has 0 bridgehead atoms. The maximum absolute atomic E-state index is 11.7. The van der Waals surface area contributed by atoms with Crippen LogP contribution in [0.4, 0.5) is 13.2 Å². The zero-order valence-corrected chi connectivity index (χ0v) is 10.4. The largest absolute Gasteiger partial charge is 0.411 e. The van der Waals surface area contributed by atoms with Gasteiger partial charge in [0.05, 0.1) is 6.10 Å². The molecule has 0 aromatic carbocycles. The summed E-state index contributed by atoms with van der Waals surface area (Å²) in [6, 6.07) is 0. The highest BCUT2D eigenvalue weighted by Gasteiger charge is 2.38. The van der Waals surface area contributed by atoms with Crippen LogP contribution in [0.15, 0.2) is 0 Å². The Morgan fingerprint density at radius 1 is 1.50 bits per heavy atom. The lowest BCUT2D eigenvalue weighted by atomic mass is 9.97. The maximum Gasteiger partial charge on any atom is 0.411 e. The Morgan fingerprint density at radius 3 is 2.78 bits per heavy atom. The van der Waals surface area contributed by atoms with Gasteiger partial charge in [-0.3, -0.25) is 0 Å². The fourth-order valence-electron chi connectivity index (χ4n) is 1.79. The molecule has 108 valence electrons. The van der Waals surface area contributed by atoms with Crippen molar-refractivity contribution >= 4 is 0 Å². The van der Waals surface area contributed by atoms with Crippen molar-refractivity contribution in [2.45, 2.75) is 37.6 Å². The van der Waals surface area contributed by atoms with Gasteiger partial charge in [0, 0.05) is 26.2 Å². The van der Waals surface area contributed by atoms with Crippen LogP contribution in [0.5, 0.6) is 0 Å². The van der Waals surface area contributed by atoms with Gasteiger partial charge in [-0.2, -0.15) is 13.2 Å². The SMILES string of the molecule is CC1OCCC1(O)CNCCCOCC(F)(F)F. The van der Waals surface area contributed by atoms with Gasteiger partial charge in [-0.15, -0.1) is 0 Å². The molecule has 0 aliphatic carbocycles. The first-order valence-corrected chi connectivity index (χ1v) is 6.03. The summed E-state index contributed by atoms with van der Waals surface area (Å²) in [7, 11) is 0. The van der Waals surface area contributed by atoms with Gasteiger partial charge in [-0.1, -0.05) is 0 Å². The van der Waals surface area contributed by atoms with E-state index < -0.39 is 18.4 Å². The number of rotatable bonds is 7. The number of ether oxygens (including phenoxy) is 2. The molecule has 2 atom stereocenters. The Balaban J connectivity index is 1.99. The normalized spacial score (nSPS) is 28.8. The summed E-state index contributed by atoms with van der Waals surface area (Å²) in [6.45, 7) is 2.08. The maximum atomic E-state index is 11.7. The third kappa shape index (κ3) is 5.51. The summed E-state index contributed by atoms with van der Waals surface area (Å²) in [5, 5.41) is 13.1. The number of alkyl halides is 3. The molecule has 7 heteroatoms. The van der Waals surface area contributed by atoms with Crippen LogP contribution in [0.25, 0.3) is 0 Å². The number of aliphatic hydroxyl groups is 1. The van der Waals surface area contributed by atoms with E-state index in [1.807, 2.05) is 0 Å². The molecule has 1 fully saturated rings. The highest BCUT2D eigenvalue weighted by atomic mass is 19.4.